The summed E-state index contributed by atoms with van der Waals surface area (Å²) in [6.45, 7) is 0.126. The molecular weight excluding hydrogens is 765 g/mol. The van der Waals surface area contributed by atoms with Gasteiger partial charge < -0.3 is 25.4 Å². The van der Waals surface area contributed by atoms with Crippen molar-refractivity contribution in [3.05, 3.63) is 84.4 Å². The molecule has 2 aliphatic rings. The minimum Gasteiger partial charge on any atom is -0.497 e. The number of carboxylic acid groups (broad SMARTS) is 2. The topological polar surface area (TPSA) is 240 Å². The maximum atomic E-state index is 13.3. The predicted molar refractivity (Wildman–Crippen MR) is 198 cm³/mol. The highest BCUT2D eigenvalue weighted by atomic mass is 32.2. The van der Waals surface area contributed by atoms with Crippen LogP contribution < -0.4 is 19.9 Å². The van der Waals surface area contributed by atoms with Gasteiger partial charge in [-0.3, -0.25) is 9.59 Å². The highest BCUT2D eigenvalue weighted by Gasteiger charge is 2.44. The molecule has 0 saturated carbocycles. The molecule has 0 bridgehead atoms. The minimum absolute atomic E-state index is 0.0256. The van der Waals surface area contributed by atoms with E-state index in [9.17, 15) is 45.1 Å². The smallest absolute Gasteiger partial charge is 0.323 e. The molecule has 2 aliphatic heterocycles. The van der Waals surface area contributed by atoms with Gasteiger partial charge in [0.25, 0.3) is 0 Å². The van der Waals surface area contributed by atoms with E-state index in [0.29, 0.717) is 49.2 Å². The second kappa shape index (κ2) is 18.5. The van der Waals surface area contributed by atoms with Gasteiger partial charge in [0.05, 0.1) is 29.8 Å². The van der Waals surface area contributed by atoms with Gasteiger partial charge in [-0.05, 0) is 79.8 Å². The number of hydrogen-bond donors (Lipinski definition) is 4. The Labute approximate surface area is 316 Å². The number of carboxylic acids is 2. The molecule has 3 aromatic carbocycles. The van der Waals surface area contributed by atoms with Crippen molar-refractivity contribution in [2.45, 2.75) is 78.2 Å². The van der Waals surface area contributed by atoms with Crippen LogP contribution in [0.2, 0.25) is 0 Å². The number of methoxy groups -OCH3 is 2. The average molecular weight is 811 g/mol. The fourth-order valence-corrected chi connectivity index (χ4v) is 11.1. The van der Waals surface area contributed by atoms with Crippen LogP contribution in [0.25, 0.3) is 0 Å². The second-order valence-electron chi connectivity index (χ2n) is 12.8. The van der Waals surface area contributed by atoms with Crippen LogP contribution in [-0.4, -0.2) is 107 Å². The Morgan fingerprint density at radius 1 is 0.685 bits per heavy atom. The summed E-state index contributed by atoms with van der Waals surface area (Å²) in [6.07, 6.45) is 2.89. The number of nitrogens with two attached hydrogens (primary N) is 1. The van der Waals surface area contributed by atoms with E-state index in [2.05, 4.69) is 4.72 Å². The van der Waals surface area contributed by atoms with Crippen LogP contribution in [0.5, 0.6) is 11.5 Å². The van der Waals surface area contributed by atoms with Crippen LogP contribution in [0, 0.1) is 0 Å². The van der Waals surface area contributed by atoms with E-state index in [1.807, 2.05) is 0 Å². The first-order chi connectivity index (χ1) is 25.5. The molecule has 296 valence electrons. The van der Waals surface area contributed by atoms with E-state index >= 15 is 0 Å². The Morgan fingerprint density at radius 2 is 1.13 bits per heavy atom. The van der Waals surface area contributed by atoms with Crippen LogP contribution >= 0.6 is 0 Å². The Balaban J connectivity index is 0.000000258. The number of ether oxygens (including phenoxy) is 2. The number of nitrogens with zero attached hydrogens (tertiary/aromatic N) is 2. The molecule has 16 nitrogen and oxygen atoms in total. The lowest BCUT2D eigenvalue weighted by molar-refractivity contribution is -0.143. The van der Waals surface area contributed by atoms with E-state index in [-0.39, 0.29) is 35.1 Å². The number of benzene rings is 3. The highest BCUT2D eigenvalue weighted by molar-refractivity contribution is 7.89. The van der Waals surface area contributed by atoms with Crippen molar-refractivity contribution in [1.82, 2.24) is 13.3 Å². The van der Waals surface area contributed by atoms with Crippen molar-refractivity contribution in [2.24, 2.45) is 5.73 Å². The lowest BCUT2D eigenvalue weighted by Crippen LogP contribution is -2.56. The second-order valence-corrected chi connectivity index (χ2v) is 18.3. The monoisotopic (exact) mass is 810 g/mol. The van der Waals surface area contributed by atoms with Gasteiger partial charge in [-0.15, -0.1) is 0 Å². The van der Waals surface area contributed by atoms with Crippen LogP contribution in [-0.2, 0) is 45.4 Å². The summed E-state index contributed by atoms with van der Waals surface area (Å²) in [7, 11) is -9.09. The number of nitrogens with one attached hydrogen (secondary N) is 1. The molecule has 2 fully saturated rings. The van der Waals surface area contributed by atoms with Crippen molar-refractivity contribution in [3.8, 4) is 11.5 Å². The van der Waals surface area contributed by atoms with Crippen molar-refractivity contribution in [3.63, 3.8) is 0 Å². The molecule has 0 aliphatic carbocycles. The highest BCUT2D eigenvalue weighted by Crippen LogP contribution is 2.28. The standard InChI is InChI=1S/C21H26N2O7S2.C14H20N2O5S/c1-30-17-10-12-18(13-11-17)32(28,29)23-14-6-5-9-19(20(23)21(24)25)22-31(26,27)15-16-7-3-2-4-8-16;1-21-10-5-7-11(8-6-10)22(19,20)16-9-3-2-4-12(15)13(16)14(17)18/h2-4,7-8,10-13,19-20,22H,5-6,9,14-15H2,1H3,(H,24,25);5-8,12-13H,2-4,9,15H2,1H3,(H,17,18). The molecule has 3 aromatic rings. The average Bonchev–Trinajstić information content (AvgIpc) is 3.48. The molecule has 0 radical (unpaired) electrons. The Morgan fingerprint density at radius 3 is 1.57 bits per heavy atom. The summed E-state index contributed by atoms with van der Waals surface area (Å²) in [6, 6.07) is 15.3. The Bertz CT molecular complexity index is 2050. The first kappa shape index (κ1) is 42.6. The molecule has 4 unspecified atom stereocenters. The van der Waals surface area contributed by atoms with Crippen molar-refractivity contribution < 1.29 is 54.5 Å². The zero-order valence-electron chi connectivity index (χ0n) is 29.9. The molecule has 2 heterocycles. The van der Waals surface area contributed by atoms with E-state index < -0.39 is 66.2 Å². The van der Waals surface area contributed by atoms with Gasteiger partial charge in [-0.2, -0.15) is 8.61 Å². The quantitative estimate of drug-likeness (QED) is 0.206. The van der Waals surface area contributed by atoms with Gasteiger partial charge in [0, 0.05) is 25.2 Å². The SMILES string of the molecule is COc1ccc(S(=O)(=O)N2CCCCC(N)C2C(=O)O)cc1.COc1ccc(S(=O)(=O)N2CCCCC(NS(=O)(=O)Cc3ccccc3)C2C(=O)O)cc1. The maximum Gasteiger partial charge on any atom is 0.323 e. The zero-order valence-corrected chi connectivity index (χ0v) is 32.3. The van der Waals surface area contributed by atoms with E-state index in [4.69, 9.17) is 15.2 Å². The van der Waals surface area contributed by atoms with Crippen molar-refractivity contribution in [1.29, 1.82) is 0 Å². The first-order valence-corrected chi connectivity index (χ1v) is 21.6. The lowest BCUT2D eigenvalue weighted by Gasteiger charge is -2.31. The Hall–Kier alpha value is -4.11. The third-order valence-corrected chi connectivity index (χ3v) is 14.3. The van der Waals surface area contributed by atoms with Crippen LogP contribution in [0.15, 0.2) is 88.7 Å². The van der Waals surface area contributed by atoms with E-state index in [1.165, 1.54) is 62.8 Å². The van der Waals surface area contributed by atoms with Gasteiger partial charge in [0.15, 0.2) is 0 Å². The molecule has 5 rings (SSSR count). The van der Waals surface area contributed by atoms with Crippen LogP contribution in [0.3, 0.4) is 0 Å². The molecule has 0 aromatic heterocycles. The molecule has 5 N–H and O–H groups in total. The third-order valence-electron chi connectivity index (χ3n) is 9.09. The zero-order chi connectivity index (χ0) is 39.7. The largest absolute Gasteiger partial charge is 0.497 e. The van der Waals surface area contributed by atoms with Gasteiger partial charge in [0.2, 0.25) is 30.1 Å². The first-order valence-electron chi connectivity index (χ1n) is 17.1. The molecule has 0 spiro atoms. The van der Waals surface area contributed by atoms with E-state index in [1.54, 1.807) is 30.3 Å². The molecule has 0 amide bonds. The normalized spacial score (nSPS) is 21.8. The minimum atomic E-state index is -4.19. The molecule has 2 saturated heterocycles. The summed E-state index contributed by atoms with van der Waals surface area (Å²) in [4.78, 5) is 23.6. The maximum absolute atomic E-state index is 13.3. The molecule has 54 heavy (non-hydrogen) atoms. The van der Waals surface area contributed by atoms with Gasteiger partial charge in [-0.1, -0.05) is 43.2 Å². The summed E-state index contributed by atoms with van der Waals surface area (Å²) in [5, 5.41) is 19.3. The summed E-state index contributed by atoms with van der Waals surface area (Å²) < 4.78 is 92.1. The number of hydrogen-bond acceptors (Lipinski definition) is 11. The third kappa shape index (κ3) is 10.6. The summed E-state index contributed by atoms with van der Waals surface area (Å²) in [5.41, 5.74) is 6.43. The van der Waals surface area contributed by atoms with E-state index in [0.717, 1.165) is 8.61 Å². The number of carbonyl (C=O) groups is 2. The van der Waals surface area contributed by atoms with Crippen LogP contribution in [0.1, 0.15) is 44.1 Å². The summed E-state index contributed by atoms with van der Waals surface area (Å²) in [5.74, 6) is -1.97. The van der Waals surface area contributed by atoms with Crippen LogP contribution in [0.4, 0.5) is 0 Å². The van der Waals surface area contributed by atoms with Crippen molar-refractivity contribution >= 4 is 42.0 Å². The molecular formula is C35H46N4O12S3. The number of rotatable bonds is 12. The fourth-order valence-electron chi connectivity index (χ4n) is 6.38. The van der Waals surface area contributed by atoms with Gasteiger partial charge >= 0.3 is 11.9 Å². The predicted octanol–water partition coefficient (Wildman–Crippen LogP) is 2.46. The summed E-state index contributed by atoms with van der Waals surface area (Å²) >= 11 is 0. The van der Waals surface area contributed by atoms with Crippen molar-refractivity contribution in [2.75, 3.05) is 27.3 Å². The molecule has 19 heteroatoms. The lowest BCUT2D eigenvalue weighted by atomic mass is 10.1. The fraction of sp³-hybridized carbons (Fsp3) is 0.429. The number of sulfonamides is 3. The van der Waals surface area contributed by atoms with Gasteiger partial charge in [0.1, 0.15) is 23.6 Å². The Kier molecular flexibility index (Phi) is 14.6. The van der Waals surface area contributed by atoms with Gasteiger partial charge in [-0.25, -0.2) is 30.0 Å². The molecule has 4 atom stereocenters. The number of aliphatic carboxylic acids is 2.